The number of H-pyrrole nitrogens is 1. The highest BCUT2D eigenvalue weighted by Crippen LogP contribution is 2.22. The Bertz CT molecular complexity index is 1350. The summed E-state index contributed by atoms with van der Waals surface area (Å²) in [5.74, 6) is 0.117. The molecule has 4 aromatic rings. The van der Waals surface area contributed by atoms with Gasteiger partial charge in [-0.25, -0.2) is 4.79 Å². The molecule has 0 saturated carbocycles. The summed E-state index contributed by atoms with van der Waals surface area (Å²) in [6, 6.07) is 14.4. The van der Waals surface area contributed by atoms with Crippen LogP contribution in [0.2, 0.25) is 0 Å². The molecular weight excluding hydrogens is 420 g/mol. The average Bonchev–Trinajstić information content (AvgIpc) is 3.31. The molecular formula is C23H22N8O2. The zero-order valence-corrected chi connectivity index (χ0v) is 17.9. The molecule has 1 aliphatic rings. The van der Waals surface area contributed by atoms with Crippen molar-refractivity contribution in [1.29, 1.82) is 0 Å². The molecule has 10 heteroatoms. The number of nitrogens with two attached hydrogens (primary N) is 1. The first-order chi connectivity index (χ1) is 16.0. The van der Waals surface area contributed by atoms with Crippen LogP contribution in [0.15, 0.2) is 54.7 Å². The quantitative estimate of drug-likeness (QED) is 0.336. The lowest BCUT2D eigenvalue weighted by atomic mass is 10.1. The van der Waals surface area contributed by atoms with E-state index in [0.29, 0.717) is 6.42 Å². The van der Waals surface area contributed by atoms with Gasteiger partial charge >= 0.3 is 6.03 Å². The molecule has 33 heavy (non-hydrogen) atoms. The van der Waals surface area contributed by atoms with Gasteiger partial charge in [-0.2, -0.15) is 15.0 Å². The number of anilines is 3. The molecule has 2 aromatic carbocycles. The molecule has 1 fully saturated rings. The van der Waals surface area contributed by atoms with Crippen molar-refractivity contribution in [3.05, 3.63) is 71.7 Å². The van der Waals surface area contributed by atoms with Crippen molar-refractivity contribution >= 4 is 40.4 Å². The van der Waals surface area contributed by atoms with Gasteiger partial charge in [0.2, 0.25) is 11.9 Å². The van der Waals surface area contributed by atoms with Crippen LogP contribution in [-0.2, 0) is 17.8 Å². The Kier molecular flexibility index (Phi) is 5.09. The molecule has 5 N–H and O–H groups in total. The zero-order valence-electron chi connectivity index (χ0n) is 17.9. The Morgan fingerprint density at radius 2 is 1.85 bits per heavy atom. The maximum Gasteiger partial charge on any atom is 0.325 e. The van der Waals surface area contributed by atoms with Crippen LogP contribution in [0.25, 0.3) is 10.9 Å². The average molecular weight is 442 g/mol. The summed E-state index contributed by atoms with van der Waals surface area (Å²) in [5.41, 5.74) is 9.69. The zero-order chi connectivity index (χ0) is 22.9. The van der Waals surface area contributed by atoms with Gasteiger partial charge in [-0.3, -0.25) is 9.69 Å². The third-order valence-electron chi connectivity index (χ3n) is 5.51. The number of benzene rings is 2. The predicted molar refractivity (Wildman–Crippen MR) is 124 cm³/mol. The third kappa shape index (κ3) is 4.18. The highest BCUT2D eigenvalue weighted by atomic mass is 16.2. The molecule has 0 bridgehead atoms. The molecule has 1 aliphatic heterocycles. The van der Waals surface area contributed by atoms with Crippen LogP contribution in [0.5, 0.6) is 0 Å². The minimum absolute atomic E-state index is 0.00277. The molecule has 5 rings (SSSR count). The van der Waals surface area contributed by atoms with Crippen molar-refractivity contribution in [3.8, 4) is 0 Å². The lowest BCUT2D eigenvalue weighted by Crippen LogP contribution is -2.32. The minimum Gasteiger partial charge on any atom is -0.368 e. The van der Waals surface area contributed by atoms with Crippen LogP contribution in [-0.4, -0.2) is 42.8 Å². The van der Waals surface area contributed by atoms with Gasteiger partial charge in [-0.05, 0) is 30.7 Å². The number of para-hydroxylation sites is 1. The summed E-state index contributed by atoms with van der Waals surface area (Å²) in [7, 11) is 0. The molecule has 1 saturated heterocycles. The number of amides is 3. The number of carbonyl (C=O) groups is 2. The number of urea groups is 1. The standard InChI is InChI=1S/C23H22N8O2/c1-13-6-8-15(9-7-13)26-22-29-19(28-21(24)30-22)12-31-20(32)18(27-23(31)33)10-14-11-25-17-5-3-2-4-16(14)17/h2-9,11,18,25H,10,12H2,1H3,(H,27,33)(H3,24,26,28,29,30). The van der Waals surface area contributed by atoms with Gasteiger partial charge in [0, 0.05) is 29.2 Å². The topological polar surface area (TPSA) is 142 Å². The number of imide groups is 1. The number of aromatic nitrogens is 4. The van der Waals surface area contributed by atoms with Crippen molar-refractivity contribution in [2.75, 3.05) is 11.1 Å². The van der Waals surface area contributed by atoms with Gasteiger partial charge in [-0.15, -0.1) is 0 Å². The molecule has 166 valence electrons. The van der Waals surface area contributed by atoms with Gasteiger partial charge in [0.15, 0.2) is 5.82 Å². The number of rotatable bonds is 6. The Balaban J connectivity index is 1.31. The summed E-state index contributed by atoms with van der Waals surface area (Å²) < 4.78 is 0. The number of nitrogen functional groups attached to an aromatic ring is 1. The summed E-state index contributed by atoms with van der Waals surface area (Å²) in [4.78, 5) is 42.4. The van der Waals surface area contributed by atoms with Crippen LogP contribution in [0.4, 0.5) is 22.4 Å². The normalized spacial score (nSPS) is 15.8. The molecule has 2 aromatic heterocycles. The number of hydrogen-bond donors (Lipinski definition) is 4. The Labute approximate surface area is 189 Å². The van der Waals surface area contributed by atoms with E-state index in [9.17, 15) is 9.59 Å². The first kappa shape index (κ1) is 20.4. The van der Waals surface area contributed by atoms with E-state index in [-0.39, 0.29) is 30.2 Å². The fraction of sp³-hybridized carbons (Fsp3) is 0.174. The summed E-state index contributed by atoms with van der Waals surface area (Å²) in [6.07, 6.45) is 2.24. The fourth-order valence-corrected chi connectivity index (χ4v) is 3.86. The van der Waals surface area contributed by atoms with Crippen LogP contribution in [0.3, 0.4) is 0 Å². The van der Waals surface area contributed by atoms with Crippen LogP contribution in [0.1, 0.15) is 17.0 Å². The number of fused-ring (bicyclic) bond motifs is 1. The predicted octanol–water partition coefficient (Wildman–Crippen LogP) is 2.65. The van der Waals surface area contributed by atoms with E-state index in [0.717, 1.165) is 32.6 Å². The van der Waals surface area contributed by atoms with E-state index < -0.39 is 12.1 Å². The van der Waals surface area contributed by atoms with Gasteiger partial charge in [0.05, 0.1) is 6.54 Å². The Morgan fingerprint density at radius 3 is 2.67 bits per heavy atom. The number of nitrogens with zero attached hydrogens (tertiary/aromatic N) is 4. The largest absolute Gasteiger partial charge is 0.368 e. The second-order valence-electron chi connectivity index (χ2n) is 7.91. The molecule has 1 unspecified atom stereocenters. The third-order valence-corrected chi connectivity index (χ3v) is 5.51. The number of carbonyl (C=O) groups excluding carboxylic acids is 2. The number of nitrogens with one attached hydrogen (secondary N) is 3. The Hall–Kier alpha value is -4.47. The molecule has 3 heterocycles. The highest BCUT2D eigenvalue weighted by molar-refractivity contribution is 6.04. The van der Waals surface area contributed by atoms with Crippen molar-refractivity contribution in [1.82, 2.24) is 30.2 Å². The summed E-state index contributed by atoms with van der Waals surface area (Å²) >= 11 is 0. The smallest absolute Gasteiger partial charge is 0.325 e. The molecule has 1 atom stereocenters. The first-order valence-electron chi connectivity index (χ1n) is 10.5. The van der Waals surface area contributed by atoms with Crippen LogP contribution >= 0.6 is 0 Å². The Morgan fingerprint density at radius 1 is 1.06 bits per heavy atom. The SMILES string of the molecule is Cc1ccc(Nc2nc(N)nc(CN3C(=O)NC(Cc4c[nH]c5ccccc45)C3=O)n2)cc1. The molecule has 3 amide bonds. The van der Waals surface area contributed by atoms with Gasteiger partial charge in [0.25, 0.3) is 5.91 Å². The van der Waals surface area contributed by atoms with Gasteiger partial charge < -0.3 is 21.4 Å². The second-order valence-corrected chi connectivity index (χ2v) is 7.91. The van der Waals surface area contributed by atoms with Crippen LogP contribution in [0, 0.1) is 6.92 Å². The summed E-state index contributed by atoms with van der Waals surface area (Å²) in [5, 5.41) is 6.85. The molecule has 10 nitrogen and oxygen atoms in total. The van der Waals surface area contributed by atoms with Crippen molar-refractivity contribution in [2.24, 2.45) is 0 Å². The van der Waals surface area contributed by atoms with Gasteiger partial charge in [0.1, 0.15) is 6.04 Å². The lowest BCUT2D eigenvalue weighted by Gasteiger charge is -2.13. The maximum atomic E-state index is 13.0. The highest BCUT2D eigenvalue weighted by Gasteiger charge is 2.38. The van der Waals surface area contributed by atoms with Crippen molar-refractivity contribution in [3.63, 3.8) is 0 Å². The number of hydrogen-bond acceptors (Lipinski definition) is 7. The van der Waals surface area contributed by atoms with Crippen molar-refractivity contribution < 1.29 is 9.59 Å². The number of aryl methyl sites for hydroxylation is 1. The molecule has 0 radical (unpaired) electrons. The van der Waals surface area contributed by atoms with E-state index >= 15 is 0 Å². The minimum atomic E-state index is -0.666. The molecule has 0 aliphatic carbocycles. The van der Waals surface area contributed by atoms with Crippen molar-refractivity contribution in [2.45, 2.75) is 25.9 Å². The second kappa shape index (κ2) is 8.23. The van der Waals surface area contributed by atoms with E-state index in [2.05, 4.69) is 30.6 Å². The fourth-order valence-electron chi connectivity index (χ4n) is 3.86. The maximum absolute atomic E-state index is 13.0. The van der Waals surface area contributed by atoms with E-state index in [1.165, 1.54) is 0 Å². The van der Waals surface area contributed by atoms with Gasteiger partial charge in [-0.1, -0.05) is 35.9 Å². The monoisotopic (exact) mass is 442 g/mol. The first-order valence-corrected chi connectivity index (χ1v) is 10.5. The molecule has 0 spiro atoms. The summed E-state index contributed by atoms with van der Waals surface area (Å²) in [6.45, 7) is 1.89. The van der Waals surface area contributed by atoms with E-state index in [1.54, 1.807) is 0 Å². The van der Waals surface area contributed by atoms with E-state index in [1.807, 2.05) is 61.7 Å². The van der Waals surface area contributed by atoms with E-state index in [4.69, 9.17) is 5.73 Å². The van der Waals surface area contributed by atoms with Crippen LogP contribution < -0.4 is 16.4 Å². The number of aromatic amines is 1. The lowest BCUT2D eigenvalue weighted by molar-refractivity contribution is -0.127.